The molecule has 0 bridgehead atoms. The molecular formula is C13H26N2O3. The van der Waals surface area contributed by atoms with Crippen LogP contribution in [-0.4, -0.2) is 43.5 Å². The summed E-state index contributed by atoms with van der Waals surface area (Å²) in [5.41, 5.74) is 0. The van der Waals surface area contributed by atoms with Gasteiger partial charge in [-0.05, 0) is 25.2 Å². The van der Waals surface area contributed by atoms with Crippen molar-refractivity contribution in [2.24, 2.45) is 5.92 Å². The van der Waals surface area contributed by atoms with Crippen molar-refractivity contribution in [3.05, 3.63) is 0 Å². The van der Waals surface area contributed by atoms with Crippen LogP contribution in [0.3, 0.4) is 0 Å². The van der Waals surface area contributed by atoms with Crippen LogP contribution in [0.15, 0.2) is 0 Å². The van der Waals surface area contributed by atoms with Crippen molar-refractivity contribution in [2.45, 2.75) is 51.2 Å². The Bertz CT molecular complexity index is 248. The number of amides is 2. The Morgan fingerprint density at radius 2 is 2.28 bits per heavy atom. The van der Waals surface area contributed by atoms with Gasteiger partial charge in [0.1, 0.15) is 0 Å². The third-order valence-corrected chi connectivity index (χ3v) is 3.39. The summed E-state index contributed by atoms with van der Waals surface area (Å²) in [6, 6.07) is 0.177. The number of methoxy groups -OCH3 is 1. The molecule has 3 unspecified atom stereocenters. The maximum absolute atomic E-state index is 11.6. The van der Waals surface area contributed by atoms with E-state index in [4.69, 9.17) is 4.74 Å². The van der Waals surface area contributed by atoms with Crippen LogP contribution in [0.1, 0.15) is 39.0 Å². The van der Waals surface area contributed by atoms with Crippen molar-refractivity contribution in [2.75, 3.05) is 20.3 Å². The predicted octanol–water partition coefficient (Wildman–Crippen LogP) is 1.26. The van der Waals surface area contributed by atoms with Crippen LogP contribution in [-0.2, 0) is 4.74 Å². The van der Waals surface area contributed by atoms with Crippen molar-refractivity contribution in [1.82, 2.24) is 10.6 Å². The van der Waals surface area contributed by atoms with E-state index >= 15 is 0 Å². The zero-order valence-corrected chi connectivity index (χ0v) is 11.4. The van der Waals surface area contributed by atoms with Crippen molar-refractivity contribution in [3.63, 3.8) is 0 Å². The molecule has 5 heteroatoms. The zero-order chi connectivity index (χ0) is 13.4. The Kier molecular flexibility index (Phi) is 7.05. The average Bonchev–Trinajstić information content (AvgIpc) is 2.29. The molecule has 1 aliphatic carbocycles. The number of hydrogen-bond acceptors (Lipinski definition) is 3. The molecule has 0 aromatic carbocycles. The second-order valence-corrected chi connectivity index (χ2v) is 5.27. The van der Waals surface area contributed by atoms with E-state index in [0.717, 1.165) is 12.8 Å². The van der Waals surface area contributed by atoms with Gasteiger partial charge in [0.05, 0.1) is 12.7 Å². The maximum atomic E-state index is 11.6. The summed E-state index contributed by atoms with van der Waals surface area (Å²) in [7, 11) is 1.55. The normalized spacial score (nSPS) is 25.5. The first-order valence-electron chi connectivity index (χ1n) is 6.83. The number of aliphatic hydroxyl groups excluding tert-OH is 1. The van der Waals surface area contributed by atoms with Gasteiger partial charge in [-0.15, -0.1) is 0 Å². The first-order chi connectivity index (χ1) is 8.61. The molecule has 0 aromatic rings. The highest BCUT2D eigenvalue weighted by molar-refractivity contribution is 5.74. The Balaban J connectivity index is 2.09. The number of hydrogen-bond donors (Lipinski definition) is 3. The number of nitrogens with one attached hydrogen (secondary N) is 2. The SMILES string of the molecule is COCC(O)CCNC(=O)NC1CCCC(C)C1. The lowest BCUT2D eigenvalue weighted by Crippen LogP contribution is -2.44. The molecule has 106 valence electrons. The first kappa shape index (κ1) is 15.2. The van der Waals surface area contributed by atoms with Crippen LogP contribution in [0.5, 0.6) is 0 Å². The van der Waals surface area contributed by atoms with Crippen molar-refractivity contribution in [1.29, 1.82) is 0 Å². The van der Waals surface area contributed by atoms with Crippen molar-refractivity contribution in [3.8, 4) is 0 Å². The van der Waals surface area contributed by atoms with Gasteiger partial charge in [-0.1, -0.05) is 19.8 Å². The van der Waals surface area contributed by atoms with Gasteiger partial charge in [-0.3, -0.25) is 0 Å². The Labute approximate surface area is 109 Å². The van der Waals surface area contributed by atoms with Gasteiger partial charge in [0.15, 0.2) is 0 Å². The van der Waals surface area contributed by atoms with E-state index in [-0.39, 0.29) is 6.03 Å². The average molecular weight is 258 g/mol. The van der Waals surface area contributed by atoms with Crippen molar-refractivity contribution >= 4 is 6.03 Å². The highest BCUT2D eigenvalue weighted by Crippen LogP contribution is 2.23. The van der Waals surface area contributed by atoms with E-state index in [0.29, 0.717) is 31.5 Å². The minimum absolute atomic E-state index is 0.126. The molecule has 1 aliphatic rings. The molecule has 0 aromatic heterocycles. The molecular weight excluding hydrogens is 232 g/mol. The standard InChI is InChI=1S/C13H26N2O3/c1-10-4-3-5-11(8-10)15-13(17)14-7-6-12(16)9-18-2/h10-12,16H,3-9H2,1-2H3,(H2,14,15,17). The van der Waals surface area contributed by atoms with E-state index in [1.165, 1.54) is 12.8 Å². The van der Waals surface area contributed by atoms with Gasteiger partial charge < -0.3 is 20.5 Å². The van der Waals surface area contributed by atoms with Crippen LogP contribution in [0.4, 0.5) is 4.79 Å². The largest absolute Gasteiger partial charge is 0.391 e. The molecule has 3 N–H and O–H groups in total. The summed E-state index contributed by atoms with van der Waals surface area (Å²) in [4.78, 5) is 11.6. The smallest absolute Gasteiger partial charge is 0.315 e. The van der Waals surface area contributed by atoms with Crippen molar-refractivity contribution < 1.29 is 14.6 Å². The second kappa shape index (κ2) is 8.32. The van der Waals surface area contributed by atoms with Crippen LogP contribution >= 0.6 is 0 Å². The summed E-state index contributed by atoms with van der Waals surface area (Å²) < 4.78 is 4.82. The summed E-state index contributed by atoms with van der Waals surface area (Å²) in [6.07, 6.45) is 4.61. The molecule has 2 amide bonds. The van der Waals surface area contributed by atoms with E-state index in [9.17, 15) is 9.90 Å². The number of carbonyl (C=O) groups is 1. The lowest BCUT2D eigenvalue weighted by atomic mass is 9.87. The van der Waals surface area contributed by atoms with Gasteiger partial charge in [-0.25, -0.2) is 4.79 Å². The number of rotatable bonds is 6. The third kappa shape index (κ3) is 6.21. The fraction of sp³-hybridized carbons (Fsp3) is 0.923. The van der Waals surface area contributed by atoms with Crippen LogP contribution in [0.25, 0.3) is 0 Å². The Morgan fingerprint density at radius 3 is 2.94 bits per heavy atom. The number of carbonyl (C=O) groups excluding carboxylic acids is 1. The van der Waals surface area contributed by atoms with Gasteiger partial charge in [-0.2, -0.15) is 0 Å². The van der Waals surface area contributed by atoms with E-state index in [2.05, 4.69) is 17.6 Å². The van der Waals surface area contributed by atoms with Gasteiger partial charge in [0.25, 0.3) is 0 Å². The van der Waals surface area contributed by atoms with E-state index in [1.807, 2.05) is 0 Å². The molecule has 1 rings (SSSR count). The molecule has 3 atom stereocenters. The molecule has 0 aliphatic heterocycles. The lowest BCUT2D eigenvalue weighted by Gasteiger charge is -2.27. The Hall–Kier alpha value is -0.810. The number of ether oxygens (including phenoxy) is 1. The van der Waals surface area contributed by atoms with E-state index < -0.39 is 6.10 Å². The van der Waals surface area contributed by atoms with E-state index in [1.54, 1.807) is 7.11 Å². The van der Waals surface area contributed by atoms with Crippen LogP contribution in [0, 0.1) is 5.92 Å². The van der Waals surface area contributed by atoms with Gasteiger partial charge in [0, 0.05) is 19.7 Å². The highest BCUT2D eigenvalue weighted by Gasteiger charge is 2.20. The topological polar surface area (TPSA) is 70.6 Å². The molecule has 0 heterocycles. The summed E-state index contributed by atoms with van der Waals surface area (Å²) >= 11 is 0. The molecule has 0 saturated heterocycles. The molecule has 0 radical (unpaired) electrons. The highest BCUT2D eigenvalue weighted by atomic mass is 16.5. The van der Waals surface area contributed by atoms with Crippen LogP contribution < -0.4 is 10.6 Å². The summed E-state index contributed by atoms with van der Waals surface area (Å²) in [5, 5.41) is 15.2. The monoisotopic (exact) mass is 258 g/mol. The maximum Gasteiger partial charge on any atom is 0.315 e. The molecule has 18 heavy (non-hydrogen) atoms. The minimum Gasteiger partial charge on any atom is -0.391 e. The van der Waals surface area contributed by atoms with Crippen LogP contribution in [0.2, 0.25) is 0 Å². The van der Waals surface area contributed by atoms with Gasteiger partial charge >= 0.3 is 6.03 Å². The first-order valence-corrected chi connectivity index (χ1v) is 6.83. The second-order valence-electron chi connectivity index (χ2n) is 5.27. The third-order valence-electron chi connectivity index (χ3n) is 3.39. The fourth-order valence-electron chi connectivity index (χ4n) is 2.43. The minimum atomic E-state index is -0.509. The summed E-state index contributed by atoms with van der Waals surface area (Å²) in [6.45, 7) is 3.01. The zero-order valence-electron chi connectivity index (χ0n) is 11.4. The van der Waals surface area contributed by atoms with Gasteiger partial charge in [0.2, 0.25) is 0 Å². The lowest BCUT2D eigenvalue weighted by molar-refractivity contribution is 0.0598. The number of urea groups is 1. The number of aliphatic hydroxyl groups is 1. The molecule has 5 nitrogen and oxygen atoms in total. The Morgan fingerprint density at radius 1 is 1.50 bits per heavy atom. The predicted molar refractivity (Wildman–Crippen MR) is 70.5 cm³/mol. The quantitative estimate of drug-likeness (QED) is 0.672. The fourth-order valence-corrected chi connectivity index (χ4v) is 2.43. The molecule has 0 spiro atoms. The summed E-state index contributed by atoms with van der Waals surface area (Å²) in [5.74, 6) is 0.701. The molecule has 1 saturated carbocycles. The molecule has 1 fully saturated rings.